The van der Waals surface area contributed by atoms with Crippen molar-refractivity contribution in [1.29, 1.82) is 0 Å². The van der Waals surface area contributed by atoms with E-state index < -0.39 is 12.0 Å². The molecule has 0 saturated carbocycles. The lowest BCUT2D eigenvalue weighted by Gasteiger charge is -2.16. The maximum atomic E-state index is 11.6. The van der Waals surface area contributed by atoms with Crippen LogP contribution in [0.25, 0.3) is 0 Å². The van der Waals surface area contributed by atoms with Crippen LogP contribution >= 0.6 is 0 Å². The minimum Gasteiger partial charge on any atom is -0.467 e. The first-order valence-corrected chi connectivity index (χ1v) is 5.15. The summed E-state index contributed by atoms with van der Waals surface area (Å²) in [6.45, 7) is 2.89. The minimum atomic E-state index is -0.539. The van der Waals surface area contributed by atoms with Crippen molar-refractivity contribution in [3.63, 3.8) is 0 Å². The molecule has 1 aliphatic rings. The molecule has 86 valence electrons. The van der Waals surface area contributed by atoms with E-state index in [-0.39, 0.29) is 11.8 Å². The van der Waals surface area contributed by atoms with Gasteiger partial charge in [0.15, 0.2) is 0 Å². The number of esters is 1. The summed E-state index contributed by atoms with van der Waals surface area (Å²) in [5, 5.41) is 2.67. The van der Waals surface area contributed by atoms with Crippen molar-refractivity contribution in [3.8, 4) is 0 Å². The van der Waals surface area contributed by atoms with E-state index >= 15 is 0 Å². The van der Waals surface area contributed by atoms with Crippen molar-refractivity contribution >= 4 is 11.9 Å². The predicted molar refractivity (Wildman–Crippen MR) is 53.2 cm³/mol. The fourth-order valence-electron chi connectivity index (χ4n) is 1.50. The van der Waals surface area contributed by atoms with Crippen LogP contribution in [0, 0.1) is 5.92 Å². The van der Waals surface area contributed by atoms with E-state index in [2.05, 4.69) is 10.1 Å². The highest BCUT2D eigenvalue weighted by Gasteiger charge is 2.27. The first-order chi connectivity index (χ1) is 7.19. The highest BCUT2D eigenvalue weighted by Crippen LogP contribution is 2.12. The predicted octanol–water partition coefficient (Wildman–Crippen LogP) is 0.0907. The van der Waals surface area contributed by atoms with Crippen LogP contribution in [0.15, 0.2) is 0 Å². The second-order valence-corrected chi connectivity index (χ2v) is 3.55. The fraction of sp³-hybridized carbons (Fsp3) is 0.800. The third-order valence-corrected chi connectivity index (χ3v) is 2.51. The van der Waals surface area contributed by atoms with Crippen LogP contribution < -0.4 is 5.32 Å². The zero-order chi connectivity index (χ0) is 11.3. The van der Waals surface area contributed by atoms with Gasteiger partial charge in [0.2, 0.25) is 5.91 Å². The van der Waals surface area contributed by atoms with Crippen LogP contribution in [0.1, 0.15) is 19.8 Å². The molecule has 5 nitrogen and oxygen atoms in total. The standard InChI is InChI=1S/C10H17NO4/c1-3-8(10(13)14-2)11-9(12)7-4-5-15-6-7/h7-8H,3-6H2,1-2H3,(H,11,12)/t7-,8+/m0/s1. The van der Waals surface area contributed by atoms with Crippen LogP contribution in [0.2, 0.25) is 0 Å². The number of nitrogens with one attached hydrogen (secondary N) is 1. The summed E-state index contributed by atoms with van der Waals surface area (Å²) >= 11 is 0. The molecule has 1 rings (SSSR count). The summed E-state index contributed by atoms with van der Waals surface area (Å²) in [7, 11) is 1.32. The fourth-order valence-corrected chi connectivity index (χ4v) is 1.50. The molecule has 1 N–H and O–H groups in total. The molecule has 1 heterocycles. The van der Waals surface area contributed by atoms with Crippen LogP contribution in [-0.4, -0.2) is 38.2 Å². The highest BCUT2D eigenvalue weighted by atomic mass is 16.5. The van der Waals surface area contributed by atoms with Gasteiger partial charge in [0.25, 0.3) is 0 Å². The van der Waals surface area contributed by atoms with Gasteiger partial charge in [-0.2, -0.15) is 0 Å². The molecule has 1 saturated heterocycles. The molecule has 2 atom stereocenters. The molecular weight excluding hydrogens is 198 g/mol. The van der Waals surface area contributed by atoms with Gasteiger partial charge < -0.3 is 14.8 Å². The minimum absolute atomic E-state index is 0.121. The first-order valence-electron chi connectivity index (χ1n) is 5.15. The van der Waals surface area contributed by atoms with Crippen LogP contribution in [-0.2, 0) is 19.1 Å². The number of methoxy groups -OCH3 is 1. The molecule has 0 aromatic heterocycles. The lowest BCUT2D eigenvalue weighted by molar-refractivity contribution is -0.145. The summed E-state index contributed by atoms with van der Waals surface area (Å²) < 4.78 is 9.69. The van der Waals surface area contributed by atoms with Gasteiger partial charge in [-0.3, -0.25) is 4.79 Å². The average Bonchev–Trinajstić information content (AvgIpc) is 2.77. The smallest absolute Gasteiger partial charge is 0.328 e. The third-order valence-electron chi connectivity index (χ3n) is 2.51. The summed E-state index contributed by atoms with van der Waals surface area (Å²) in [6, 6.07) is -0.539. The van der Waals surface area contributed by atoms with Gasteiger partial charge in [0.05, 0.1) is 19.6 Å². The Kier molecular flexibility index (Phi) is 4.55. The van der Waals surface area contributed by atoms with E-state index in [1.165, 1.54) is 7.11 Å². The number of hydrogen-bond donors (Lipinski definition) is 1. The van der Waals surface area contributed by atoms with E-state index in [0.29, 0.717) is 19.6 Å². The maximum Gasteiger partial charge on any atom is 0.328 e. The number of rotatable bonds is 4. The second-order valence-electron chi connectivity index (χ2n) is 3.55. The average molecular weight is 215 g/mol. The molecule has 0 spiro atoms. The van der Waals surface area contributed by atoms with Crippen LogP contribution in [0.4, 0.5) is 0 Å². The van der Waals surface area contributed by atoms with Gasteiger partial charge in [-0.05, 0) is 12.8 Å². The Bertz CT molecular complexity index is 236. The van der Waals surface area contributed by atoms with E-state index in [9.17, 15) is 9.59 Å². The number of carbonyl (C=O) groups excluding carboxylic acids is 2. The van der Waals surface area contributed by atoms with E-state index in [0.717, 1.165) is 6.42 Å². The van der Waals surface area contributed by atoms with E-state index in [4.69, 9.17) is 4.74 Å². The SMILES string of the molecule is CC[C@@H](NC(=O)[C@H]1CCOC1)C(=O)OC. The Balaban J connectivity index is 2.43. The van der Waals surface area contributed by atoms with Gasteiger partial charge in [0.1, 0.15) is 6.04 Å². The Labute approximate surface area is 89.1 Å². The number of amides is 1. The molecule has 0 radical (unpaired) electrons. The van der Waals surface area contributed by atoms with Gasteiger partial charge >= 0.3 is 5.97 Å². The molecule has 0 aromatic carbocycles. The van der Waals surface area contributed by atoms with Crippen molar-refractivity contribution < 1.29 is 19.1 Å². The van der Waals surface area contributed by atoms with Gasteiger partial charge in [-0.15, -0.1) is 0 Å². The Hall–Kier alpha value is -1.10. The number of carbonyl (C=O) groups is 2. The molecule has 5 heteroatoms. The maximum absolute atomic E-state index is 11.6. The van der Waals surface area contributed by atoms with E-state index in [1.54, 1.807) is 0 Å². The van der Waals surface area contributed by atoms with Crippen molar-refractivity contribution in [2.24, 2.45) is 5.92 Å². The summed E-state index contributed by atoms with van der Waals surface area (Å²) in [6.07, 6.45) is 1.26. The number of ether oxygens (including phenoxy) is 2. The molecule has 0 aromatic rings. The Morgan fingerprint density at radius 1 is 1.60 bits per heavy atom. The molecule has 1 amide bonds. The molecule has 0 bridgehead atoms. The lowest BCUT2D eigenvalue weighted by Crippen LogP contribution is -2.44. The molecule has 0 unspecified atom stereocenters. The van der Waals surface area contributed by atoms with Crippen LogP contribution in [0.3, 0.4) is 0 Å². The summed E-state index contributed by atoms with van der Waals surface area (Å²) in [5.41, 5.74) is 0. The van der Waals surface area contributed by atoms with Gasteiger partial charge in [0, 0.05) is 6.61 Å². The summed E-state index contributed by atoms with van der Waals surface area (Å²) in [5.74, 6) is -0.641. The molecule has 0 aliphatic carbocycles. The van der Waals surface area contributed by atoms with Gasteiger partial charge in [-0.25, -0.2) is 4.79 Å². The second kappa shape index (κ2) is 5.70. The largest absolute Gasteiger partial charge is 0.467 e. The normalized spacial score (nSPS) is 22.1. The lowest BCUT2D eigenvalue weighted by atomic mass is 10.1. The molecular formula is C10H17NO4. The van der Waals surface area contributed by atoms with Crippen molar-refractivity contribution in [2.45, 2.75) is 25.8 Å². The molecule has 1 aliphatic heterocycles. The van der Waals surface area contributed by atoms with Crippen molar-refractivity contribution in [1.82, 2.24) is 5.32 Å². The van der Waals surface area contributed by atoms with E-state index in [1.807, 2.05) is 6.92 Å². The zero-order valence-electron chi connectivity index (χ0n) is 9.12. The summed E-state index contributed by atoms with van der Waals surface area (Å²) in [4.78, 5) is 22.9. The van der Waals surface area contributed by atoms with Crippen LogP contribution in [0.5, 0.6) is 0 Å². The molecule has 1 fully saturated rings. The van der Waals surface area contributed by atoms with Crippen molar-refractivity contribution in [3.05, 3.63) is 0 Å². The zero-order valence-corrected chi connectivity index (χ0v) is 9.12. The van der Waals surface area contributed by atoms with Crippen molar-refractivity contribution in [2.75, 3.05) is 20.3 Å². The number of hydrogen-bond acceptors (Lipinski definition) is 4. The third kappa shape index (κ3) is 3.20. The monoisotopic (exact) mass is 215 g/mol. The molecule has 15 heavy (non-hydrogen) atoms. The topological polar surface area (TPSA) is 64.6 Å². The highest BCUT2D eigenvalue weighted by molar-refractivity contribution is 5.85. The quantitative estimate of drug-likeness (QED) is 0.675. The van der Waals surface area contributed by atoms with Gasteiger partial charge in [-0.1, -0.05) is 6.92 Å². The Morgan fingerprint density at radius 3 is 2.80 bits per heavy atom. The Morgan fingerprint density at radius 2 is 2.33 bits per heavy atom. The first kappa shape index (κ1) is 12.0.